The van der Waals surface area contributed by atoms with Crippen molar-refractivity contribution in [3.05, 3.63) is 313 Å². The van der Waals surface area contributed by atoms with Crippen LogP contribution in [0.1, 0.15) is 158 Å². The molecule has 19 heteroatoms. The molecule has 123 heavy (non-hydrogen) atoms. The molecule has 0 spiro atoms. The quantitative estimate of drug-likeness (QED) is 0.103. The van der Waals surface area contributed by atoms with E-state index < -0.39 is 0 Å². The van der Waals surface area contributed by atoms with E-state index in [0.717, 1.165) is 123 Å². The Bertz CT molecular complexity index is 6590. The van der Waals surface area contributed by atoms with Gasteiger partial charge in [0.25, 0.3) is 0 Å². The number of benzene rings is 8. The molecule has 9 heterocycles. The van der Waals surface area contributed by atoms with Crippen LogP contribution in [0.25, 0.3) is 141 Å². The van der Waals surface area contributed by atoms with Crippen molar-refractivity contribution >= 4 is 33.0 Å². The van der Waals surface area contributed by atoms with Crippen molar-refractivity contribution in [3.8, 4) is 125 Å². The fourth-order valence-electron chi connectivity index (χ4n) is 14.6. The number of aromatic hydroxyl groups is 3. The molecule has 0 saturated heterocycles. The number of hydrogen-bond donors (Lipinski definition) is 3. The van der Waals surface area contributed by atoms with Gasteiger partial charge in [-0.3, -0.25) is 9.55 Å². The smallest absolute Gasteiger partial charge is 0.154 e. The third kappa shape index (κ3) is 19.5. The van der Waals surface area contributed by atoms with Gasteiger partial charge in [0.2, 0.25) is 0 Å². The van der Waals surface area contributed by atoms with Gasteiger partial charge in [-0.05, 0) is 156 Å². The van der Waals surface area contributed by atoms with E-state index in [1.54, 1.807) is 23.3 Å². The number of imidazole rings is 1. The number of rotatable bonds is 11. The van der Waals surface area contributed by atoms with E-state index in [9.17, 15) is 15.3 Å². The number of pyridine rings is 6. The standard InChI is InChI=1S/2C37H35N4O.C30H30N5O.3Pt/c1-36(2,3)26-22-27(34(42)28(23-26)37(4,5)6)30-16-12-17-33(39-30)41-32-21-25(29-15-10-11-20-38-29)18-19-31(32)40-35(41)24-13-8-7-9-14-24;1-36(2,3)26-22-28(35(42)29(23-26)37(4,5)6)31-16-12-17-33(39-31)41-32-21-25(30-15-10-11-20-38-30)18-19-27(32)34(40-41)24-13-8-7-9-14-24;1-29(2,3)20-17-21(28(36)22(18-20)30(4,5)6)24-11-9-12-27(32-24)35-26-16-19(13-14-25(26)33-34-35)23-10-7-8-15-31-23;;;/h2*7-20,22-23,42H,1-6H3;7-15,17-18,36H,1-6H3;;;/q3*-1;;;. The number of hydrogen-bond acceptors (Lipinski definition) is 13. The first-order valence-electron chi connectivity index (χ1n) is 40.6. The Hall–Kier alpha value is -11.5. The summed E-state index contributed by atoms with van der Waals surface area (Å²) in [5, 5.41) is 49.2. The third-order valence-corrected chi connectivity index (χ3v) is 21.5. The summed E-state index contributed by atoms with van der Waals surface area (Å²) in [5.41, 5.74) is 21.2. The van der Waals surface area contributed by atoms with Gasteiger partial charge in [-0.25, -0.2) is 24.3 Å². The number of phenolic OH excluding ortho intramolecular Hbond substituents is 3. The first-order valence-corrected chi connectivity index (χ1v) is 40.6. The van der Waals surface area contributed by atoms with Crippen LogP contribution < -0.4 is 0 Å². The Morgan fingerprint density at radius 3 is 1.07 bits per heavy atom. The molecule has 3 N–H and O–H groups in total. The second-order valence-electron chi connectivity index (χ2n) is 36.7. The number of fused-ring (bicyclic) bond motifs is 3. The predicted molar refractivity (Wildman–Crippen MR) is 485 cm³/mol. The number of phenols is 3. The van der Waals surface area contributed by atoms with E-state index in [1.807, 2.05) is 187 Å². The molecule has 0 aliphatic rings. The predicted octanol–water partition coefficient (Wildman–Crippen LogP) is 24.5. The molecule has 8 aromatic carbocycles. The van der Waals surface area contributed by atoms with E-state index in [-0.39, 0.29) is 113 Å². The monoisotopic (exact) mass is 2160 g/mol. The minimum Gasteiger partial charge on any atom is -0.507 e. The second kappa shape index (κ2) is 36.1. The molecule has 17 rings (SSSR count). The minimum absolute atomic E-state index is 0. The normalized spacial score (nSPS) is 11.9. The van der Waals surface area contributed by atoms with Gasteiger partial charge in [-0.2, -0.15) is 10.2 Å². The molecule has 0 amide bonds. The van der Waals surface area contributed by atoms with Crippen molar-refractivity contribution in [2.75, 3.05) is 0 Å². The van der Waals surface area contributed by atoms with Crippen molar-refractivity contribution in [1.82, 2.24) is 64.2 Å². The van der Waals surface area contributed by atoms with Crippen LogP contribution >= 0.6 is 0 Å². The van der Waals surface area contributed by atoms with Crippen molar-refractivity contribution in [1.29, 1.82) is 0 Å². The maximum absolute atomic E-state index is 11.6. The van der Waals surface area contributed by atoms with Crippen LogP contribution in [0, 0.1) is 18.2 Å². The molecule has 0 radical (unpaired) electrons. The largest absolute Gasteiger partial charge is 0.507 e. The van der Waals surface area contributed by atoms with E-state index >= 15 is 0 Å². The van der Waals surface area contributed by atoms with Gasteiger partial charge >= 0.3 is 0 Å². The van der Waals surface area contributed by atoms with Crippen LogP contribution in [0.15, 0.2) is 261 Å². The molecule has 0 bridgehead atoms. The molecule has 0 aliphatic heterocycles. The van der Waals surface area contributed by atoms with E-state index in [4.69, 9.17) is 25.0 Å². The second-order valence-corrected chi connectivity index (χ2v) is 36.7. The zero-order chi connectivity index (χ0) is 85.0. The van der Waals surface area contributed by atoms with Gasteiger partial charge in [0.15, 0.2) is 11.6 Å². The average Bonchev–Trinajstić information content (AvgIpc) is 1.62. The molecule has 0 atom stereocenters. The molecule has 17 aromatic rings. The summed E-state index contributed by atoms with van der Waals surface area (Å²) >= 11 is 0. The molecule has 0 unspecified atom stereocenters. The van der Waals surface area contributed by atoms with E-state index in [0.29, 0.717) is 51.2 Å². The number of aromatic nitrogens is 13. The van der Waals surface area contributed by atoms with Crippen molar-refractivity contribution < 1.29 is 78.5 Å². The molecule has 0 fully saturated rings. The summed E-state index contributed by atoms with van der Waals surface area (Å²) in [7, 11) is 0. The Morgan fingerprint density at radius 2 is 0.659 bits per heavy atom. The summed E-state index contributed by atoms with van der Waals surface area (Å²) in [4.78, 5) is 33.7. The Balaban J connectivity index is 0.000000167. The molecule has 9 aromatic heterocycles. The topological polar surface area (TPSA) is 204 Å². The fraction of sp³-hybridized carbons (Fsp3) is 0.231. The molecule has 632 valence electrons. The van der Waals surface area contributed by atoms with Crippen LogP contribution in [0.4, 0.5) is 0 Å². The molecule has 16 nitrogen and oxygen atoms in total. The summed E-state index contributed by atoms with van der Waals surface area (Å²) in [6.07, 6.45) is 5.34. The van der Waals surface area contributed by atoms with Crippen molar-refractivity contribution in [2.24, 2.45) is 0 Å². The van der Waals surface area contributed by atoms with Gasteiger partial charge in [0.05, 0.1) is 22.8 Å². The minimum atomic E-state index is -0.241. The molecule has 0 saturated carbocycles. The summed E-state index contributed by atoms with van der Waals surface area (Å²) in [6, 6.07) is 90.4. The van der Waals surface area contributed by atoms with Crippen LogP contribution in [-0.2, 0) is 95.7 Å². The van der Waals surface area contributed by atoms with E-state index in [1.165, 1.54) is 0 Å². The first-order chi connectivity index (χ1) is 57.0. The Morgan fingerprint density at radius 1 is 0.301 bits per heavy atom. The summed E-state index contributed by atoms with van der Waals surface area (Å²) in [5.74, 6) is 3.50. The zero-order valence-electron chi connectivity index (χ0n) is 72.4. The third-order valence-electron chi connectivity index (χ3n) is 21.5. The van der Waals surface area contributed by atoms with Crippen LogP contribution in [0.3, 0.4) is 0 Å². The van der Waals surface area contributed by atoms with Crippen molar-refractivity contribution in [2.45, 2.75) is 157 Å². The Kier molecular flexibility index (Phi) is 26.6. The fourth-order valence-corrected chi connectivity index (χ4v) is 14.6. The van der Waals surface area contributed by atoms with Gasteiger partial charge in [0.1, 0.15) is 28.9 Å². The van der Waals surface area contributed by atoms with Crippen molar-refractivity contribution in [3.63, 3.8) is 0 Å². The molecular weight excluding hydrogens is 2060 g/mol. The zero-order valence-corrected chi connectivity index (χ0v) is 79.2. The van der Waals surface area contributed by atoms with E-state index in [2.05, 4.69) is 233 Å². The first kappa shape index (κ1) is 90.7. The van der Waals surface area contributed by atoms with Gasteiger partial charge in [0, 0.05) is 137 Å². The molecular formula is C104H100N13O3Pt3-3. The van der Waals surface area contributed by atoms with Gasteiger partial charge in [-0.15, -0.1) is 71.3 Å². The average molecular weight is 2170 g/mol. The van der Waals surface area contributed by atoms with Crippen LogP contribution in [0.2, 0.25) is 0 Å². The number of nitrogens with zero attached hydrogens (tertiary/aromatic N) is 13. The SMILES string of the molecule is CC(C)(C)c1cc(-c2cccc(-n3c(-c4ccccc4)nc4ccc(-c5ccccn5)[c-]c43)n2)c(O)c(C(C)(C)C)c1.CC(C)(C)c1cc(-c2cccc(-n3nc(-c4ccccc4)c4ccc(-c5ccccn5)[c-]c43)n2)c(O)c(C(C)(C)C)c1.CC(C)(C)c1cc(-c2cccc(-n3nnc4ccc(-c5ccccn5)[c-]c43)n2)c(O)c(C(C)(C)C)c1.[Pt].[Pt].[Pt]. The maximum Gasteiger partial charge on any atom is 0.154 e. The van der Waals surface area contributed by atoms with Gasteiger partial charge < -0.3 is 30.3 Å². The van der Waals surface area contributed by atoms with Crippen LogP contribution in [0.5, 0.6) is 17.2 Å². The maximum atomic E-state index is 11.6. The Labute approximate surface area is 764 Å². The summed E-state index contributed by atoms with van der Waals surface area (Å²) in [6.45, 7) is 38.8. The van der Waals surface area contributed by atoms with Gasteiger partial charge in [-0.1, -0.05) is 269 Å². The molecule has 0 aliphatic carbocycles. The summed E-state index contributed by atoms with van der Waals surface area (Å²) < 4.78 is 5.58. The van der Waals surface area contributed by atoms with Crippen LogP contribution in [-0.4, -0.2) is 79.5 Å².